The number of hydrogen-bond acceptors (Lipinski definition) is 0. The minimum Gasteiger partial charge on any atom is -0.309 e. The maximum Gasteiger partial charge on any atom is 0.0641 e. The molecular formula is C73H66N2. The van der Waals surface area contributed by atoms with Gasteiger partial charge in [-0.3, -0.25) is 0 Å². The molecule has 0 saturated carbocycles. The third-order valence-electron chi connectivity index (χ3n) is 16.7. The van der Waals surface area contributed by atoms with Crippen LogP contribution in [-0.4, -0.2) is 9.13 Å². The third kappa shape index (κ3) is 8.10. The standard InChI is InChI=1S/C73H66N2/c1-8-44-73(7,56-34-17-12-18-35-56)57-36-24-31-54(46-57)63-48-59(49-64(69(63)71(3,4)5)72(6,9-2)55-32-15-11-16-33-55)75-65-40-21-19-38-60(65)61-42-43-67-68(70(61)75)62-39-20-22-41-66(62)74(67)58-37-25-30-53(47-58)52-29-23-28-51(45-52)50-26-13-10-14-27-50/h10-43,45-49H,8-9,44H2,1-7H3. The second-order valence-electron chi connectivity index (χ2n) is 22.3. The third-order valence-corrected chi connectivity index (χ3v) is 16.7. The highest BCUT2D eigenvalue weighted by molar-refractivity contribution is 6.26. The SMILES string of the molecule is CCCC(C)(c1ccccc1)c1cccc(-c2cc(-n3c4ccccc4c4ccc5c(c6ccccc6n5-c5cccc(-c6cccc(-c7ccccc7)c6)c5)c43)cc(C(C)(CC)c3ccccc3)c2C(C)(C)C)c1. The summed E-state index contributed by atoms with van der Waals surface area (Å²) < 4.78 is 5.11. The molecule has 2 unspecified atom stereocenters. The highest BCUT2D eigenvalue weighted by Gasteiger charge is 2.36. The number of hydrogen-bond donors (Lipinski definition) is 0. The van der Waals surface area contributed by atoms with Gasteiger partial charge in [-0.15, -0.1) is 0 Å². The average molecular weight is 971 g/mol. The van der Waals surface area contributed by atoms with E-state index in [1.165, 1.54) is 110 Å². The number of rotatable bonds is 12. The second-order valence-corrected chi connectivity index (χ2v) is 22.3. The van der Waals surface area contributed by atoms with Crippen molar-refractivity contribution in [1.29, 1.82) is 0 Å². The largest absolute Gasteiger partial charge is 0.309 e. The topological polar surface area (TPSA) is 9.86 Å². The summed E-state index contributed by atoms with van der Waals surface area (Å²) in [5.41, 5.74) is 20.6. The van der Waals surface area contributed by atoms with E-state index in [1.807, 2.05) is 0 Å². The van der Waals surface area contributed by atoms with Crippen molar-refractivity contribution in [1.82, 2.24) is 9.13 Å². The van der Waals surface area contributed by atoms with Gasteiger partial charge in [-0.2, -0.15) is 0 Å². The van der Waals surface area contributed by atoms with Crippen LogP contribution in [0.5, 0.6) is 0 Å². The minimum absolute atomic E-state index is 0.158. The molecule has 0 N–H and O–H groups in total. The molecule has 0 aliphatic carbocycles. The summed E-state index contributed by atoms with van der Waals surface area (Å²) in [5, 5.41) is 4.98. The van der Waals surface area contributed by atoms with Gasteiger partial charge in [-0.05, 0) is 128 Å². The lowest BCUT2D eigenvalue weighted by atomic mass is 9.66. The summed E-state index contributed by atoms with van der Waals surface area (Å²) in [5.74, 6) is 0. The quantitative estimate of drug-likeness (QED) is 0.115. The van der Waals surface area contributed by atoms with E-state index in [9.17, 15) is 0 Å². The van der Waals surface area contributed by atoms with Gasteiger partial charge in [0.15, 0.2) is 0 Å². The van der Waals surface area contributed by atoms with E-state index in [4.69, 9.17) is 0 Å². The molecule has 2 aromatic heterocycles. The fourth-order valence-electron chi connectivity index (χ4n) is 12.8. The zero-order valence-corrected chi connectivity index (χ0v) is 44.5. The van der Waals surface area contributed by atoms with Crippen LogP contribution in [0.2, 0.25) is 0 Å². The van der Waals surface area contributed by atoms with Gasteiger partial charge in [0.25, 0.3) is 0 Å². The van der Waals surface area contributed by atoms with Crippen molar-refractivity contribution in [3.05, 3.63) is 264 Å². The molecule has 10 aromatic carbocycles. The molecule has 2 atom stereocenters. The summed E-state index contributed by atoms with van der Waals surface area (Å²) >= 11 is 0. The first-order valence-corrected chi connectivity index (χ1v) is 27.1. The molecule has 2 heteroatoms. The molecule has 2 nitrogen and oxygen atoms in total. The first kappa shape index (κ1) is 47.8. The van der Waals surface area contributed by atoms with Crippen LogP contribution in [0.3, 0.4) is 0 Å². The molecule has 0 fully saturated rings. The van der Waals surface area contributed by atoms with Crippen LogP contribution in [-0.2, 0) is 16.2 Å². The van der Waals surface area contributed by atoms with E-state index in [0.717, 1.165) is 24.9 Å². The Hall–Kier alpha value is -8.20. The Morgan fingerprint density at radius 1 is 0.360 bits per heavy atom. The van der Waals surface area contributed by atoms with Crippen LogP contribution in [0.1, 0.15) is 95.5 Å². The normalized spacial score (nSPS) is 13.6. The van der Waals surface area contributed by atoms with Gasteiger partial charge >= 0.3 is 0 Å². The molecule has 75 heavy (non-hydrogen) atoms. The highest BCUT2D eigenvalue weighted by atomic mass is 15.0. The fraction of sp³-hybridized carbons (Fsp3) is 0.178. The summed E-state index contributed by atoms with van der Waals surface area (Å²) in [7, 11) is 0. The van der Waals surface area contributed by atoms with Crippen molar-refractivity contribution < 1.29 is 0 Å². The van der Waals surface area contributed by atoms with Gasteiger partial charge in [-0.25, -0.2) is 0 Å². The van der Waals surface area contributed by atoms with Gasteiger partial charge in [-0.1, -0.05) is 243 Å². The molecule has 368 valence electrons. The first-order chi connectivity index (χ1) is 36.5. The van der Waals surface area contributed by atoms with Crippen molar-refractivity contribution in [3.8, 4) is 44.8 Å². The number of fused-ring (bicyclic) bond motifs is 7. The Morgan fingerprint density at radius 3 is 1.56 bits per heavy atom. The molecule has 0 spiro atoms. The fourth-order valence-corrected chi connectivity index (χ4v) is 12.8. The Balaban J connectivity index is 1.16. The van der Waals surface area contributed by atoms with Gasteiger partial charge in [0, 0.05) is 43.7 Å². The zero-order chi connectivity index (χ0) is 51.5. The number of benzene rings is 10. The minimum atomic E-state index is -0.303. The number of nitrogens with zero attached hydrogens (tertiary/aromatic N) is 2. The number of aromatic nitrogens is 2. The molecule has 0 aliphatic rings. The van der Waals surface area contributed by atoms with E-state index < -0.39 is 0 Å². The lowest BCUT2D eigenvalue weighted by molar-refractivity contribution is 0.510. The summed E-state index contributed by atoms with van der Waals surface area (Å²) in [4.78, 5) is 0. The molecule has 2 heterocycles. The van der Waals surface area contributed by atoms with Gasteiger partial charge in [0.1, 0.15) is 0 Å². The Labute approximate surface area is 443 Å². The Bertz CT molecular complexity index is 4050. The summed E-state index contributed by atoms with van der Waals surface area (Å²) in [6.45, 7) is 16.9. The van der Waals surface area contributed by atoms with E-state index >= 15 is 0 Å². The maximum absolute atomic E-state index is 2.62. The van der Waals surface area contributed by atoms with Crippen molar-refractivity contribution in [2.75, 3.05) is 0 Å². The van der Waals surface area contributed by atoms with Crippen molar-refractivity contribution >= 4 is 43.6 Å². The highest BCUT2D eigenvalue weighted by Crippen LogP contribution is 2.49. The van der Waals surface area contributed by atoms with E-state index in [0.29, 0.717) is 0 Å². The molecular weight excluding hydrogens is 905 g/mol. The van der Waals surface area contributed by atoms with Crippen LogP contribution in [0.25, 0.3) is 88.4 Å². The Morgan fingerprint density at radius 2 is 0.893 bits per heavy atom. The zero-order valence-electron chi connectivity index (χ0n) is 44.5. The summed E-state index contributed by atoms with van der Waals surface area (Å²) in [6.07, 6.45) is 3.07. The van der Waals surface area contributed by atoms with Crippen LogP contribution < -0.4 is 0 Å². The van der Waals surface area contributed by atoms with Gasteiger partial charge < -0.3 is 9.13 Å². The monoisotopic (exact) mass is 971 g/mol. The molecule has 12 aromatic rings. The molecule has 0 amide bonds. The van der Waals surface area contributed by atoms with Crippen LogP contribution >= 0.6 is 0 Å². The lowest BCUT2D eigenvalue weighted by Crippen LogP contribution is -2.29. The van der Waals surface area contributed by atoms with E-state index in [2.05, 4.69) is 294 Å². The van der Waals surface area contributed by atoms with Crippen LogP contribution in [0, 0.1) is 0 Å². The number of para-hydroxylation sites is 2. The van der Waals surface area contributed by atoms with Crippen LogP contribution in [0.15, 0.2) is 237 Å². The van der Waals surface area contributed by atoms with Gasteiger partial charge in [0.2, 0.25) is 0 Å². The Kier molecular flexibility index (Phi) is 12.1. The van der Waals surface area contributed by atoms with E-state index in [-0.39, 0.29) is 16.2 Å². The molecule has 0 radical (unpaired) electrons. The second kappa shape index (κ2) is 18.9. The van der Waals surface area contributed by atoms with Crippen molar-refractivity contribution in [3.63, 3.8) is 0 Å². The predicted octanol–water partition coefficient (Wildman–Crippen LogP) is 20.0. The lowest BCUT2D eigenvalue weighted by Gasteiger charge is -2.38. The van der Waals surface area contributed by atoms with Crippen molar-refractivity contribution in [2.24, 2.45) is 0 Å². The molecule has 0 aliphatic heterocycles. The maximum atomic E-state index is 2.62. The molecule has 0 bridgehead atoms. The van der Waals surface area contributed by atoms with Crippen LogP contribution in [0.4, 0.5) is 0 Å². The molecule has 12 rings (SSSR count). The first-order valence-electron chi connectivity index (χ1n) is 27.1. The summed E-state index contributed by atoms with van der Waals surface area (Å²) in [6, 6.07) is 88.6. The van der Waals surface area contributed by atoms with Gasteiger partial charge in [0.05, 0.1) is 22.1 Å². The van der Waals surface area contributed by atoms with Crippen molar-refractivity contribution in [2.45, 2.75) is 84.0 Å². The molecule has 0 saturated heterocycles. The average Bonchev–Trinajstić information content (AvgIpc) is 4.01. The predicted molar refractivity (Wildman–Crippen MR) is 321 cm³/mol. The van der Waals surface area contributed by atoms with E-state index in [1.54, 1.807) is 0 Å². The smallest absolute Gasteiger partial charge is 0.0641 e.